The molecule has 30 heavy (non-hydrogen) atoms. The van der Waals surface area contributed by atoms with Crippen LogP contribution < -0.4 is 31.6 Å². The van der Waals surface area contributed by atoms with E-state index in [1.807, 2.05) is 42.6 Å². The van der Waals surface area contributed by atoms with Crippen LogP contribution in [0.25, 0.3) is 10.2 Å². The van der Waals surface area contributed by atoms with Gasteiger partial charge in [0.05, 0.1) is 18.0 Å². The number of H-pyrrole nitrogens is 1. The zero-order valence-corrected chi connectivity index (χ0v) is 17.2. The fourth-order valence-electron chi connectivity index (χ4n) is 4.68. The predicted molar refractivity (Wildman–Crippen MR) is 117 cm³/mol. The van der Waals surface area contributed by atoms with Crippen LogP contribution >= 0.6 is 11.3 Å². The predicted octanol–water partition coefficient (Wildman–Crippen LogP) is 1.33. The third kappa shape index (κ3) is 2.69. The number of anilines is 3. The summed E-state index contributed by atoms with van der Waals surface area (Å²) in [5.74, 6) is -0.435. The first-order valence-corrected chi connectivity index (χ1v) is 10.7. The van der Waals surface area contributed by atoms with Crippen molar-refractivity contribution < 1.29 is 14.6 Å². The van der Waals surface area contributed by atoms with Gasteiger partial charge in [0, 0.05) is 24.8 Å². The third-order valence-corrected chi connectivity index (χ3v) is 7.37. The van der Waals surface area contributed by atoms with Gasteiger partial charge in [-0.2, -0.15) is 0 Å². The summed E-state index contributed by atoms with van der Waals surface area (Å²) in [5.41, 5.74) is 13.6. The molecule has 0 aliphatic carbocycles. The molecule has 0 saturated carbocycles. The molecule has 2 aliphatic heterocycles. The quantitative estimate of drug-likeness (QED) is 0.587. The Balaban J connectivity index is 1.46. The van der Waals surface area contributed by atoms with Crippen LogP contribution in [0.15, 0.2) is 42.6 Å². The van der Waals surface area contributed by atoms with Crippen molar-refractivity contribution in [3.05, 3.63) is 47.5 Å². The normalized spacial score (nSPS) is 18.2. The summed E-state index contributed by atoms with van der Waals surface area (Å²) < 4.78 is 0. The topological polar surface area (TPSA) is 119 Å². The number of hydrogen-bond acceptors (Lipinski definition) is 6. The Morgan fingerprint density at radius 3 is 2.60 bits per heavy atom. The number of benzene rings is 1. The van der Waals surface area contributed by atoms with Crippen molar-refractivity contribution >= 4 is 50.4 Å². The number of carbonyl (C=O) groups excluding carboxylic acids is 2. The van der Waals surface area contributed by atoms with Crippen molar-refractivity contribution in [1.82, 2.24) is 5.32 Å². The van der Waals surface area contributed by atoms with Crippen molar-refractivity contribution in [3.8, 4) is 0 Å². The monoisotopic (exact) mass is 423 g/mol. The first-order chi connectivity index (χ1) is 14.5. The second-order valence-electron chi connectivity index (χ2n) is 7.72. The Bertz CT molecular complexity index is 1140. The van der Waals surface area contributed by atoms with Gasteiger partial charge < -0.3 is 26.6 Å². The van der Waals surface area contributed by atoms with E-state index in [2.05, 4.69) is 20.1 Å². The summed E-state index contributed by atoms with van der Waals surface area (Å²) in [7, 11) is 0. The number of nitrogen functional groups attached to an aromatic ring is 1. The second kappa shape index (κ2) is 6.88. The Morgan fingerprint density at radius 2 is 1.90 bits per heavy atom. The average molecular weight is 424 g/mol. The molecule has 0 unspecified atom stereocenters. The van der Waals surface area contributed by atoms with Gasteiger partial charge >= 0.3 is 0 Å². The number of nitrogens with two attached hydrogens (primary N) is 2. The maximum Gasteiger partial charge on any atom is 0.272 e. The second-order valence-corrected chi connectivity index (χ2v) is 8.74. The molecule has 0 radical (unpaired) electrons. The Labute approximate surface area is 177 Å². The highest BCUT2D eigenvalue weighted by Crippen LogP contribution is 2.41. The van der Waals surface area contributed by atoms with Gasteiger partial charge in [-0.25, -0.2) is 4.98 Å². The lowest BCUT2D eigenvalue weighted by Crippen LogP contribution is -2.56. The standard InChI is InChI=1S/C21H22N6O2S/c22-16-15-14(6-9-24-19(15)30-17(16)18(23)28)26-10-7-21(8-11-26)20(29)25-12-27(21)13-4-2-1-3-5-13/h1-6,9H,7-8,10-12,22H2,(H2,23,28)(H,25,29)/p+1. The summed E-state index contributed by atoms with van der Waals surface area (Å²) in [6.45, 7) is 1.93. The maximum absolute atomic E-state index is 12.9. The van der Waals surface area contributed by atoms with Crippen LogP contribution in [-0.2, 0) is 4.79 Å². The molecule has 9 heteroatoms. The van der Waals surface area contributed by atoms with E-state index in [0.717, 1.165) is 21.6 Å². The number of aromatic nitrogens is 1. The molecule has 0 atom stereocenters. The molecule has 2 aliphatic rings. The molecule has 154 valence electrons. The molecule has 0 bridgehead atoms. The van der Waals surface area contributed by atoms with Crippen LogP contribution in [-0.4, -0.2) is 37.1 Å². The largest absolute Gasteiger partial charge is 0.397 e. The van der Waals surface area contributed by atoms with E-state index in [9.17, 15) is 9.59 Å². The van der Waals surface area contributed by atoms with Gasteiger partial charge in [-0.1, -0.05) is 29.5 Å². The Morgan fingerprint density at radius 1 is 1.17 bits per heavy atom. The molecule has 2 amide bonds. The van der Waals surface area contributed by atoms with Crippen molar-refractivity contribution in [2.75, 3.05) is 35.3 Å². The average Bonchev–Trinajstić information content (AvgIpc) is 3.27. The van der Waals surface area contributed by atoms with E-state index in [-0.39, 0.29) is 5.91 Å². The minimum absolute atomic E-state index is 0.0867. The molecule has 5 rings (SSSR count). The molecule has 3 aromatic rings. The number of primary amides is 1. The fraction of sp³-hybridized carbons (Fsp3) is 0.286. The molecule has 2 aromatic heterocycles. The molecular weight excluding hydrogens is 400 g/mol. The fourth-order valence-corrected chi connectivity index (χ4v) is 5.64. The van der Waals surface area contributed by atoms with Gasteiger partial charge in [0.15, 0.2) is 6.20 Å². The number of para-hydroxylation sites is 1. The van der Waals surface area contributed by atoms with E-state index in [1.165, 1.54) is 11.3 Å². The highest BCUT2D eigenvalue weighted by molar-refractivity contribution is 7.20. The molecule has 2 fully saturated rings. The number of rotatable bonds is 3. The van der Waals surface area contributed by atoms with E-state index in [1.54, 1.807) is 0 Å². The number of piperidine rings is 1. The highest BCUT2D eigenvalue weighted by Gasteiger charge is 2.50. The van der Waals surface area contributed by atoms with Crippen LogP contribution in [0.3, 0.4) is 0 Å². The lowest BCUT2D eigenvalue weighted by molar-refractivity contribution is -0.341. The number of aromatic amines is 1. The van der Waals surface area contributed by atoms with E-state index >= 15 is 0 Å². The first-order valence-electron chi connectivity index (χ1n) is 9.90. The third-order valence-electron chi connectivity index (χ3n) is 6.22. The van der Waals surface area contributed by atoms with Crippen molar-refractivity contribution in [3.63, 3.8) is 0 Å². The number of nitrogens with one attached hydrogen (secondary N) is 2. The number of hydrogen-bond donors (Lipinski definition) is 3. The Hall–Kier alpha value is -3.33. The van der Waals surface area contributed by atoms with Crippen molar-refractivity contribution in [2.24, 2.45) is 5.73 Å². The van der Waals surface area contributed by atoms with Gasteiger partial charge in [0.25, 0.3) is 10.7 Å². The molecule has 4 heterocycles. The zero-order chi connectivity index (χ0) is 20.9. The van der Waals surface area contributed by atoms with Crippen LogP contribution in [0.1, 0.15) is 22.5 Å². The summed E-state index contributed by atoms with van der Waals surface area (Å²) in [6, 6.07) is 12.0. The first kappa shape index (κ1) is 18.7. The van der Waals surface area contributed by atoms with Crippen LogP contribution in [0.2, 0.25) is 0 Å². The van der Waals surface area contributed by atoms with Crippen molar-refractivity contribution in [1.29, 1.82) is 0 Å². The van der Waals surface area contributed by atoms with E-state index < -0.39 is 11.4 Å². The van der Waals surface area contributed by atoms with E-state index in [0.29, 0.717) is 43.2 Å². The summed E-state index contributed by atoms with van der Waals surface area (Å²) in [6.07, 6.45) is 3.24. The Kier molecular flexibility index (Phi) is 4.28. The number of amides is 2. The van der Waals surface area contributed by atoms with Gasteiger partial charge in [-0.05, 0) is 25.0 Å². The lowest BCUT2D eigenvalue weighted by Gasteiger charge is -2.44. The minimum atomic E-state index is -0.545. The zero-order valence-electron chi connectivity index (χ0n) is 16.4. The number of nitrogens with zero attached hydrogens (tertiary/aromatic N) is 2. The number of fused-ring (bicyclic) bond motifs is 1. The summed E-state index contributed by atoms with van der Waals surface area (Å²) in [4.78, 5) is 33.4. The molecule has 6 N–H and O–H groups in total. The summed E-state index contributed by atoms with van der Waals surface area (Å²) >= 11 is 1.27. The molecule has 2 saturated heterocycles. The molecule has 8 nitrogen and oxygen atoms in total. The summed E-state index contributed by atoms with van der Waals surface area (Å²) in [5, 5.41) is 3.85. The highest BCUT2D eigenvalue weighted by atomic mass is 32.1. The lowest BCUT2D eigenvalue weighted by atomic mass is 9.85. The van der Waals surface area contributed by atoms with Crippen LogP contribution in [0.5, 0.6) is 0 Å². The molecule has 1 spiro atoms. The van der Waals surface area contributed by atoms with Gasteiger partial charge in [0.2, 0.25) is 5.91 Å². The minimum Gasteiger partial charge on any atom is -0.397 e. The van der Waals surface area contributed by atoms with E-state index in [4.69, 9.17) is 11.5 Å². The van der Waals surface area contributed by atoms with Crippen molar-refractivity contribution in [2.45, 2.75) is 18.4 Å². The number of pyridine rings is 1. The molecule has 1 aromatic carbocycles. The van der Waals surface area contributed by atoms with Crippen LogP contribution in [0.4, 0.5) is 17.1 Å². The van der Waals surface area contributed by atoms with Gasteiger partial charge in [-0.3, -0.25) is 9.59 Å². The van der Waals surface area contributed by atoms with Gasteiger partial charge in [0.1, 0.15) is 15.8 Å². The van der Waals surface area contributed by atoms with Gasteiger partial charge in [-0.15, -0.1) is 0 Å². The smallest absolute Gasteiger partial charge is 0.272 e. The SMILES string of the molecule is NC(=O)c1sc2[nH+]ccc(N3CCC4(CC3)C(=O)NCN4c3ccccc3)c2c1N. The van der Waals surface area contributed by atoms with Crippen LogP contribution in [0, 0.1) is 0 Å². The molecular formula is C21H23N6O2S+. The number of thiophene rings is 1. The number of carbonyl (C=O) groups is 2. The maximum atomic E-state index is 12.9.